The van der Waals surface area contributed by atoms with Crippen LogP contribution in [0.25, 0.3) is 0 Å². The van der Waals surface area contributed by atoms with E-state index in [9.17, 15) is 117 Å². The molecule has 0 aromatic rings. The van der Waals surface area contributed by atoms with Gasteiger partial charge in [0.05, 0.1) is 51.8 Å². The molecule has 6 heterocycles. The summed E-state index contributed by atoms with van der Waals surface area (Å²) in [4.78, 5) is 37.3. The van der Waals surface area contributed by atoms with E-state index in [0.29, 0.717) is 0 Å². The normalized spacial score (nSPS) is 47.7. The summed E-state index contributed by atoms with van der Waals surface area (Å²) in [6, 6.07) is -3.38. The summed E-state index contributed by atoms with van der Waals surface area (Å²) in [6.07, 6.45) is -57.1. The van der Waals surface area contributed by atoms with Gasteiger partial charge in [-0.15, -0.1) is 0 Å². The molecule has 0 aromatic heterocycles. The highest BCUT2D eigenvalue weighted by molar-refractivity contribution is 5.76. The number of carbonyl (C=O) groups excluding carboxylic acids is 2. The van der Waals surface area contributed by atoms with Crippen LogP contribution in [0.3, 0.4) is 0 Å². The van der Waals surface area contributed by atoms with E-state index in [1.54, 1.807) is 0 Å². The molecule has 36 heteroatoms. The van der Waals surface area contributed by atoms with Crippen LogP contribution in [-0.4, -0.2) is 349 Å². The Kier molecular flexibility index (Phi) is 22.9. The first kappa shape index (κ1) is 65.4. The number of carbonyl (C=O) groups is 3. The topological polar surface area (TPSA) is 581 Å². The molecule has 6 aliphatic rings. The van der Waals surface area contributed by atoms with Gasteiger partial charge in [-0.1, -0.05) is 0 Å². The van der Waals surface area contributed by atoms with Gasteiger partial charge in [-0.2, -0.15) is 0 Å². The molecule has 458 valence electrons. The third-order valence-electron chi connectivity index (χ3n) is 14.2. The fourth-order valence-corrected chi connectivity index (χ4v) is 9.81. The van der Waals surface area contributed by atoms with Gasteiger partial charge in [0.25, 0.3) is 5.79 Å². The van der Waals surface area contributed by atoms with Crippen molar-refractivity contribution >= 4 is 17.8 Å². The molecule has 0 radical (unpaired) electrons. The van der Waals surface area contributed by atoms with Gasteiger partial charge < -0.3 is 165 Å². The van der Waals surface area contributed by atoms with E-state index >= 15 is 0 Å². The number of hydrogen-bond acceptors (Lipinski definition) is 33. The second-order valence-electron chi connectivity index (χ2n) is 19.7. The number of hydrogen-bond donors (Lipinski definition) is 22. The number of amides is 2. The average Bonchev–Trinajstić information content (AvgIpc) is 3.52. The van der Waals surface area contributed by atoms with Crippen molar-refractivity contribution in [2.75, 3.05) is 39.6 Å². The van der Waals surface area contributed by atoms with Gasteiger partial charge in [-0.25, -0.2) is 4.79 Å². The summed E-state index contributed by atoms with van der Waals surface area (Å²) in [5.41, 5.74) is 0. The van der Waals surface area contributed by atoms with Crippen LogP contribution in [0.4, 0.5) is 0 Å². The monoisotopic (exact) mass is 1160 g/mol. The summed E-state index contributed by atoms with van der Waals surface area (Å²) in [6.45, 7) is -4.18. The SMILES string of the molecule is CC(=O)N[C@H]1[C@H](OC[C@H]2O[C@@H](O[C@H]3[C@H](O)[C@@H](O)C(O)O[C@@H]3CO)[C@H](O)[C@@H](O[C@@H]3O[C@H](CO)[C@H](O)[C@H](O)[C@H]3O)[C@H]2O)O[C@H](CO)[C@@H](O[C@@H]2O[C@H](CO[C@]3(C(=O)O)C[C@H](O)[C@@H](NC(C)=O)[C@H]([C@H](O)[C@H](O)CO)O3)[C@H](O)[C@H](O)[C@H]2O)[C@@H]1O. The molecular weight excluding hydrogens is 1090 g/mol. The number of nitrogens with one attached hydrogen (secondary N) is 2. The van der Waals surface area contributed by atoms with Gasteiger partial charge in [0.1, 0.15) is 140 Å². The minimum absolute atomic E-state index is 0.791. The lowest BCUT2D eigenvalue weighted by atomic mass is 9.88. The first-order valence-corrected chi connectivity index (χ1v) is 24.7. The predicted octanol–water partition coefficient (Wildman–Crippen LogP) is -14.6. The zero-order valence-electron chi connectivity index (χ0n) is 41.9. The van der Waals surface area contributed by atoms with Crippen molar-refractivity contribution in [3.05, 3.63) is 0 Å². The van der Waals surface area contributed by atoms with Gasteiger partial charge in [-0.05, 0) is 0 Å². The average molecular weight is 1160 g/mol. The Labute approximate surface area is 446 Å². The molecule has 6 saturated heterocycles. The number of carboxylic acids is 1. The number of carboxylic acid groups (broad SMARTS) is 1. The third kappa shape index (κ3) is 14.2. The van der Waals surface area contributed by atoms with Crippen molar-refractivity contribution in [3.8, 4) is 0 Å². The van der Waals surface area contributed by atoms with Crippen molar-refractivity contribution in [2.24, 2.45) is 0 Å². The fraction of sp³-hybridized carbons (Fsp3) is 0.930. The van der Waals surface area contributed by atoms with Crippen LogP contribution < -0.4 is 10.6 Å². The number of ether oxygens (including phenoxy) is 11. The molecule has 0 aromatic carbocycles. The van der Waals surface area contributed by atoms with E-state index in [-0.39, 0.29) is 0 Å². The molecular formula is C43H72N2O34. The first-order chi connectivity index (χ1) is 37.1. The van der Waals surface area contributed by atoms with E-state index in [0.717, 1.165) is 13.8 Å². The van der Waals surface area contributed by atoms with Crippen LogP contribution in [0.2, 0.25) is 0 Å². The van der Waals surface area contributed by atoms with Crippen molar-refractivity contribution in [2.45, 2.75) is 210 Å². The molecule has 6 rings (SSSR count). The third-order valence-corrected chi connectivity index (χ3v) is 14.2. The second-order valence-corrected chi connectivity index (χ2v) is 19.7. The summed E-state index contributed by atoms with van der Waals surface area (Å²) in [5, 5.41) is 217. The molecule has 0 spiro atoms. The Morgan fingerprint density at radius 2 is 0.987 bits per heavy atom. The molecule has 31 atom stereocenters. The zero-order chi connectivity index (χ0) is 58.7. The Morgan fingerprint density at radius 1 is 0.519 bits per heavy atom. The molecule has 0 bridgehead atoms. The minimum atomic E-state index is -2.99. The van der Waals surface area contributed by atoms with Crippen molar-refractivity contribution in [1.82, 2.24) is 10.6 Å². The van der Waals surface area contributed by atoms with Gasteiger partial charge in [-0.3, -0.25) is 9.59 Å². The molecule has 79 heavy (non-hydrogen) atoms. The highest BCUT2D eigenvalue weighted by Crippen LogP contribution is 2.37. The van der Waals surface area contributed by atoms with Crippen molar-refractivity contribution in [3.63, 3.8) is 0 Å². The summed E-state index contributed by atoms with van der Waals surface area (Å²) in [7, 11) is 0. The standard InChI is InChI=1S/C43H72N2O34/c1-10(50)44-19-12(52)3-43(42(67)68,79-35(19)21(54)13(53)4-46)70-9-18-23(56)27(60)31(64)40(75-18)76-33-16(7-49)73-38(20(25(33)58)45-11(2)51)69-8-17-24(57)36(78-39-30(63)26(59)22(55)14(5-47)72-39)32(65)41(74-17)77-34-15(6-48)71-37(66)29(62)28(34)61/h12-41,46-49,52-66H,3-9H2,1-2H3,(H,44,50)(H,45,51)(H,67,68)/t12-,13+,14+,15+,16+,17+,18+,19+,20+,21+,22-,23-,24-,25+,26-,27-,28+,29+,30+,31+,32+,33+,34+,35+,36-,37?,38+,39-,40-,41-,43+/m0/s1. The molecule has 36 nitrogen and oxygen atoms in total. The number of rotatable bonds is 21. The van der Waals surface area contributed by atoms with Crippen LogP contribution in [0.5, 0.6) is 0 Å². The fourth-order valence-electron chi connectivity index (χ4n) is 9.81. The summed E-state index contributed by atoms with van der Waals surface area (Å²) in [5.74, 6) is -6.63. The lowest BCUT2D eigenvalue weighted by Crippen LogP contribution is -2.69. The number of aliphatic hydroxyl groups is 19. The van der Waals surface area contributed by atoms with E-state index < -0.39 is 254 Å². The van der Waals surface area contributed by atoms with E-state index in [2.05, 4.69) is 10.6 Å². The smallest absolute Gasteiger partial charge is 0.364 e. The Hall–Kier alpha value is -2.79. The van der Waals surface area contributed by atoms with Crippen LogP contribution >= 0.6 is 0 Å². The summed E-state index contributed by atoms with van der Waals surface area (Å²) >= 11 is 0. The van der Waals surface area contributed by atoms with Gasteiger partial charge in [0.15, 0.2) is 31.5 Å². The first-order valence-electron chi connectivity index (χ1n) is 24.7. The van der Waals surface area contributed by atoms with Crippen LogP contribution in [0, 0.1) is 0 Å². The molecule has 22 N–H and O–H groups in total. The molecule has 6 fully saturated rings. The highest BCUT2D eigenvalue weighted by atomic mass is 16.8. The van der Waals surface area contributed by atoms with E-state index in [4.69, 9.17) is 52.1 Å². The van der Waals surface area contributed by atoms with Gasteiger partial charge >= 0.3 is 5.97 Å². The minimum Gasteiger partial charge on any atom is -0.477 e. The maximum atomic E-state index is 12.8. The maximum Gasteiger partial charge on any atom is 0.364 e. The number of aliphatic carboxylic acids is 1. The van der Waals surface area contributed by atoms with E-state index in [1.165, 1.54) is 0 Å². The van der Waals surface area contributed by atoms with Crippen LogP contribution in [-0.2, 0) is 66.5 Å². The predicted molar refractivity (Wildman–Crippen MR) is 240 cm³/mol. The summed E-state index contributed by atoms with van der Waals surface area (Å²) < 4.78 is 62.0. The van der Waals surface area contributed by atoms with E-state index in [1.807, 2.05) is 0 Å². The van der Waals surface area contributed by atoms with Gasteiger partial charge in [0, 0.05) is 20.3 Å². The molecule has 1 unspecified atom stereocenters. The molecule has 0 saturated carbocycles. The van der Waals surface area contributed by atoms with Gasteiger partial charge in [0.2, 0.25) is 11.8 Å². The highest BCUT2D eigenvalue weighted by Gasteiger charge is 2.59. The Bertz CT molecular complexity index is 1970. The Balaban J connectivity index is 1.21. The molecule has 0 aliphatic carbocycles. The second kappa shape index (κ2) is 27.7. The van der Waals surface area contributed by atoms with Crippen LogP contribution in [0.15, 0.2) is 0 Å². The quantitative estimate of drug-likeness (QED) is 0.0507. The zero-order valence-corrected chi connectivity index (χ0v) is 41.9. The lowest BCUT2D eigenvalue weighted by molar-refractivity contribution is -0.383. The Morgan fingerprint density at radius 3 is 1.52 bits per heavy atom. The lowest BCUT2D eigenvalue weighted by Gasteiger charge is -2.49. The molecule has 2 amide bonds. The number of aliphatic hydroxyl groups excluding tert-OH is 19. The largest absolute Gasteiger partial charge is 0.477 e. The molecule has 6 aliphatic heterocycles. The van der Waals surface area contributed by atoms with Crippen LogP contribution in [0.1, 0.15) is 20.3 Å². The maximum absolute atomic E-state index is 12.8. The van der Waals surface area contributed by atoms with Crippen molar-refractivity contribution < 1.29 is 169 Å². The van der Waals surface area contributed by atoms with Crippen molar-refractivity contribution in [1.29, 1.82) is 0 Å².